The summed E-state index contributed by atoms with van der Waals surface area (Å²) in [5.41, 5.74) is -0.237. The summed E-state index contributed by atoms with van der Waals surface area (Å²) in [5.74, 6) is -1.26. The van der Waals surface area contributed by atoms with E-state index in [0.29, 0.717) is 28.9 Å². The normalized spacial score (nSPS) is 12.5. The number of carbonyl (C=O) groups is 2. The molecule has 7 nitrogen and oxygen atoms in total. The van der Waals surface area contributed by atoms with Crippen LogP contribution in [-0.2, 0) is 38.8 Å². The molecule has 2 amide bonds. The summed E-state index contributed by atoms with van der Waals surface area (Å²) in [4.78, 5) is 28.8. The van der Waals surface area contributed by atoms with Gasteiger partial charge in [0.1, 0.15) is 12.6 Å². The number of nitrogens with zero attached hydrogens (tertiary/aromatic N) is 2. The number of halogens is 5. The largest absolute Gasteiger partial charge is 0.416 e. The predicted molar refractivity (Wildman–Crippen MR) is 161 cm³/mol. The Hall–Kier alpha value is -3.09. The third-order valence-electron chi connectivity index (χ3n) is 6.28. The van der Waals surface area contributed by atoms with Crippen LogP contribution < -0.4 is 9.62 Å². The van der Waals surface area contributed by atoms with Crippen LogP contribution in [-0.4, -0.2) is 50.5 Å². The Kier molecular flexibility index (Phi) is 11.4. The number of sulfonamides is 1. The van der Waals surface area contributed by atoms with E-state index in [9.17, 15) is 31.2 Å². The Bertz CT molecular complexity index is 1510. The second-order valence-corrected chi connectivity index (χ2v) is 12.8. The average molecular weight is 689 g/mol. The maximum atomic E-state index is 14.0. The molecule has 0 saturated heterocycles. The zero-order valence-electron chi connectivity index (χ0n) is 22.9. The lowest BCUT2D eigenvalue weighted by molar-refractivity contribution is -0.140. The maximum Gasteiger partial charge on any atom is 0.416 e. The van der Waals surface area contributed by atoms with E-state index in [0.717, 1.165) is 28.4 Å². The van der Waals surface area contributed by atoms with Crippen molar-refractivity contribution in [2.75, 3.05) is 23.7 Å². The molecule has 0 unspecified atom stereocenters. The minimum atomic E-state index is -4.78. The molecular formula is C29H30BrClF3N3O4S. The van der Waals surface area contributed by atoms with Gasteiger partial charge < -0.3 is 10.2 Å². The highest BCUT2D eigenvalue weighted by Crippen LogP contribution is 2.36. The van der Waals surface area contributed by atoms with Gasteiger partial charge in [-0.1, -0.05) is 76.9 Å². The van der Waals surface area contributed by atoms with Crippen LogP contribution in [0.5, 0.6) is 0 Å². The molecule has 0 aliphatic heterocycles. The summed E-state index contributed by atoms with van der Waals surface area (Å²) in [6, 6.07) is 17.2. The molecule has 226 valence electrons. The summed E-state index contributed by atoms with van der Waals surface area (Å²) >= 11 is 9.56. The van der Waals surface area contributed by atoms with Gasteiger partial charge in [-0.2, -0.15) is 13.2 Å². The first kappa shape index (κ1) is 33.4. The quantitative estimate of drug-likeness (QED) is 0.251. The monoisotopic (exact) mass is 687 g/mol. The minimum absolute atomic E-state index is 0.0801. The van der Waals surface area contributed by atoms with Crippen LogP contribution in [0.15, 0.2) is 77.3 Å². The highest BCUT2D eigenvalue weighted by Gasteiger charge is 2.35. The van der Waals surface area contributed by atoms with E-state index in [1.165, 1.54) is 4.90 Å². The summed E-state index contributed by atoms with van der Waals surface area (Å²) in [6.07, 6.45) is -3.26. The summed E-state index contributed by atoms with van der Waals surface area (Å²) < 4.78 is 67.5. The van der Waals surface area contributed by atoms with Gasteiger partial charge in [-0.05, 0) is 47.9 Å². The van der Waals surface area contributed by atoms with Crippen molar-refractivity contribution in [1.82, 2.24) is 10.2 Å². The van der Waals surface area contributed by atoms with Gasteiger partial charge in [-0.3, -0.25) is 13.9 Å². The number of rotatable bonds is 12. The summed E-state index contributed by atoms with van der Waals surface area (Å²) in [5, 5.41) is 2.52. The molecule has 3 aromatic carbocycles. The van der Waals surface area contributed by atoms with Crippen molar-refractivity contribution in [2.45, 2.75) is 38.5 Å². The van der Waals surface area contributed by atoms with Crippen LogP contribution >= 0.6 is 27.5 Å². The van der Waals surface area contributed by atoms with Gasteiger partial charge in [-0.15, -0.1) is 0 Å². The Morgan fingerprint density at radius 2 is 1.67 bits per heavy atom. The first-order valence-electron chi connectivity index (χ1n) is 12.9. The lowest BCUT2D eigenvalue weighted by Crippen LogP contribution is -2.53. The van der Waals surface area contributed by atoms with E-state index in [4.69, 9.17) is 11.6 Å². The molecule has 0 radical (unpaired) electrons. The number of nitrogens with one attached hydrogen (secondary N) is 1. The molecule has 13 heteroatoms. The Labute approximate surface area is 256 Å². The fourth-order valence-electron chi connectivity index (χ4n) is 4.23. The molecule has 42 heavy (non-hydrogen) atoms. The highest BCUT2D eigenvalue weighted by molar-refractivity contribution is 9.10. The van der Waals surface area contributed by atoms with E-state index >= 15 is 0 Å². The Morgan fingerprint density at radius 1 is 1.00 bits per heavy atom. The maximum absolute atomic E-state index is 14.0. The molecule has 3 aromatic rings. The number of amides is 2. The van der Waals surface area contributed by atoms with E-state index in [1.54, 1.807) is 48.5 Å². The van der Waals surface area contributed by atoms with Crippen LogP contribution in [0.25, 0.3) is 0 Å². The van der Waals surface area contributed by atoms with Gasteiger partial charge >= 0.3 is 6.18 Å². The molecule has 3 rings (SSSR count). The van der Waals surface area contributed by atoms with Crippen molar-refractivity contribution in [1.29, 1.82) is 0 Å². The summed E-state index contributed by atoms with van der Waals surface area (Å²) in [7, 11) is -4.30. The van der Waals surface area contributed by atoms with Gasteiger partial charge in [0.2, 0.25) is 21.8 Å². The van der Waals surface area contributed by atoms with Gasteiger partial charge in [-0.25, -0.2) is 8.42 Å². The Morgan fingerprint density at radius 3 is 2.26 bits per heavy atom. The molecule has 0 bridgehead atoms. The SMILES string of the molecule is CCCNC(=O)[C@H](Cc1ccccc1)N(Cc1cccc(Br)c1)C(=O)CN(c1cc(C(F)(F)F)ccc1Cl)S(C)(=O)=O. The minimum Gasteiger partial charge on any atom is -0.354 e. The van der Waals surface area contributed by atoms with Crippen molar-refractivity contribution < 1.29 is 31.2 Å². The molecule has 0 heterocycles. The smallest absolute Gasteiger partial charge is 0.354 e. The lowest BCUT2D eigenvalue weighted by Gasteiger charge is -2.33. The highest BCUT2D eigenvalue weighted by atomic mass is 79.9. The second-order valence-electron chi connectivity index (χ2n) is 9.58. The third-order valence-corrected chi connectivity index (χ3v) is 8.22. The molecule has 1 atom stereocenters. The third kappa shape index (κ3) is 9.20. The number of hydrogen-bond acceptors (Lipinski definition) is 4. The summed E-state index contributed by atoms with van der Waals surface area (Å²) in [6.45, 7) is 1.25. The van der Waals surface area contributed by atoms with Gasteiger partial charge in [0.25, 0.3) is 0 Å². The second kappa shape index (κ2) is 14.4. The van der Waals surface area contributed by atoms with Gasteiger partial charge in [0.15, 0.2) is 0 Å². The van der Waals surface area contributed by atoms with Crippen LogP contribution in [0.1, 0.15) is 30.0 Å². The average Bonchev–Trinajstić information content (AvgIpc) is 2.92. The van der Waals surface area contributed by atoms with Gasteiger partial charge in [0, 0.05) is 24.0 Å². The van der Waals surface area contributed by atoms with Crippen LogP contribution in [0.2, 0.25) is 5.02 Å². The van der Waals surface area contributed by atoms with Crippen molar-refractivity contribution in [3.63, 3.8) is 0 Å². The molecule has 0 aromatic heterocycles. The van der Waals surface area contributed by atoms with Crippen LogP contribution in [0.4, 0.5) is 18.9 Å². The molecule has 0 aliphatic carbocycles. The topological polar surface area (TPSA) is 86.8 Å². The molecule has 0 spiro atoms. The molecule has 1 N–H and O–H groups in total. The molecule has 0 saturated carbocycles. The predicted octanol–water partition coefficient (Wildman–Crippen LogP) is 6.05. The number of anilines is 1. The number of benzene rings is 3. The number of alkyl halides is 3. The molecule has 0 aliphatic rings. The van der Waals surface area contributed by atoms with E-state index < -0.39 is 51.9 Å². The Balaban J connectivity index is 2.10. The van der Waals surface area contributed by atoms with E-state index in [2.05, 4.69) is 21.2 Å². The van der Waals surface area contributed by atoms with Crippen molar-refractivity contribution in [3.8, 4) is 0 Å². The first-order chi connectivity index (χ1) is 19.7. The van der Waals surface area contributed by atoms with Crippen LogP contribution in [0, 0.1) is 0 Å². The number of carbonyl (C=O) groups excluding carboxylic acids is 2. The van der Waals surface area contributed by atoms with Gasteiger partial charge in [0.05, 0.1) is 22.5 Å². The molecule has 0 fully saturated rings. The van der Waals surface area contributed by atoms with E-state index in [1.807, 2.05) is 13.0 Å². The number of hydrogen-bond donors (Lipinski definition) is 1. The first-order valence-corrected chi connectivity index (χ1v) is 15.9. The van der Waals surface area contributed by atoms with E-state index in [-0.39, 0.29) is 18.0 Å². The standard InChI is InChI=1S/C29H30BrClF3N3O4S/c1-3-14-35-28(39)26(16-20-8-5-4-6-9-20)36(18-21-10-7-11-23(30)15-21)27(38)19-37(42(2,40)41)25-17-22(29(32,33)34)12-13-24(25)31/h4-13,15,17,26H,3,14,16,18-19H2,1-2H3,(H,35,39)/t26-/m0/s1. The van der Waals surface area contributed by atoms with Crippen LogP contribution in [0.3, 0.4) is 0 Å². The van der Waals surface area contributed by atoms with Crippen molar-refractivity contribution in [3.05, 3.63) is 99.0 Å². The fourth-order valence-corrected chi connectivity index (χ4v) is 5.80. The van der Waals surface area contributed by atoms with Crippen molar-refractivity contribution >= 4 is 55.1 Å². The zero-order valence-corrected chi connectivity index (χ0v) is 26.0. The zero-order chi connectivity index (χ0) is 31.1. The molecular weight excluding hydrogens is 659 g/mol. The fraction of sp³-hybridized carbons (Fsp3) is 0.310. The van der Waals surface area contributed by atoms with Crippen molar-refractivity contribution in [2.24, 2.45) is 0 Å². The lowest BCUT2D eigenvalue weighted by atomic mass is 10.0.